The van der Waals surface area contributed by atoms with Crippen molar-refractivity contribution < 1.29 is 14.7 Å². The fraction of sp³-hybridized carbons (Fsp3) is 0.833. The number of amides is 2. The Morgan fingerprint density at radius 1 is 1.24 bits per heavy atom. The van der Waals surface area contributed by atoms with Gasteiger partial charge in [-0.2, -0.15) is 0 Å². The summed E-state index contributed by atoms with van der Waals surface area (Å²) >= 11 is 0. The average molecular weight is 244 g/mol. The Balaban J connectivity index is 4.35. The molecule has 0 aromatic rings. The number of nitrogens with one attached hydrogen (secondary N) is 1. The molecule has 2 amide bonds. The number of carbonyl (C=O) groups excluding carboxylic acids is 1. The number of urea groups is 1. The second-order valence-corrected chi connectivity index (χ2v) is 4.23. The number of aliphatic carboxylic acids is 1. The number of rotatable bonds is 7. The largest absolute Gasteiger partial charge is 0.480 e. The fourth-order valence-corrected chi connectivity index (χ4v) is 1.55. The summed E-state index contributed by atoms with van der Waals surface area (Å²) in [6.45, 7) is 8.83. The van der Waals surface area contributed by atoms with E-state index in [2.05, 4.69) is 19.2 Å². The normalized spacial score (nSPS) is 12.3. The smallest absolute Gasteiger partial charge is 0.325 e. The highest BCUT2D eigenvalue weighted by Crippen LogP contribution is 2.09. The summed E-state index contributed by atoms with van der Waals surface area (Å²) in [5.41, 5.74) is 0. The molecule has 100 valence electrons. The van der Waals surface area contributed by atoms with Crippen LogP contribution in [0, 0.1) is 5.92 Å². The summed E-state index contributed by atoms with van der Waals surface area (Å²) < 4.78 is 0. The van der Waals surface area contributed by atoms with Crippen LogP contribution in [0.15, 0.2) is 0 Å². The zero-order valence-corrected chi connectivity index (χ0v) is 11.2. The average Bonchev–Trinajstić information content (AvgIpc) is 2.30. The molecule has 1 atom stereocenters. The first-order valence-electron chi connectivity index (χ1n) is 6.24. The standard InChI is InChI=1S/C12H24N2O3/c1-5-10(6-2)8-14(7-3)12(17)13-9(4)11(15)16/h9-10H,5-8H2,1-4H3,(H,13,17)(H,15,16)/t9-/m1/s1. The van der Waals surface area contributed by atoms with Gasteiger partial charge in [0.25, 0.3) is 0 Å². The Labute approximate surface area is 103 Å². The molecule has 0 unspecified atom stereocenters. The van der Waals surface area contributed by atoms with Crippen molar-refractivity contribution in [3.8, 4) is 0 Å². The number of carboxylic acid groups (broad SMARTS) is 1. The van der Waals surface area contributed by atoms with Gasteiger partial charge < -0.3 is 15.3 Å². The summed E-state index contributed by atoms with van der Waals surface area (Å²) in [6.07, 6.45) is 2.05. The van der Waals surface area contributed by atoms with Crippen LogP contribution in [-0.4, -0.2) is 41.1 Å². The van der Waals surface area contributed by atoms with Gasteiger partial charge >= 0.3 is 12.0 Å². The van der Waals surface area contributed by atoms with Crippen molar-refractivity contribution in [1.29, 1.82) is 0 Å². The Bertz CT molecular complexity index is 252. The summed E-state index contributed by atoms with van der Waals surface area (Å²) in [4.78, 5) is 24.1. The third kappa shape index (κ3) is 5.56. The van der Waals surface area contributed by atoms with Crippen LogP contribution in [-0.2, 0) is 4.79 Å². The highest BCUT2D eigenvalue weighted by molar-refractivity contribution is 5.82. The SMILES string of the molecule is CCC(CC)CN(CC)C(=O)N[C@H](C)C(=O)O. The van der Waals surface area contributed by atoms with E-state index in [9.17, 15) is 9.59 Å². The quantitative estimate of drug-likeness (QED) is 0.719. The van der Waals surface area contributed by atoms with E-state index >= 15 is 0 Å². The fourth-order valence-electron chi connectivity index (χ4n) is 1.55. The van der Waals surface area contributed by atoms with Crippen LogP contribution in [0.25, 0.3) is 0 Å². The van der Waals surface area contributed by atoms with Gasteiger partial charge in [0.1, 0.15) is 6.04 Å². The van der Waals surface area contributed by atoms with Crippen LogP contribution in [0.2, 0.25) is 0 Å². The van der Waals surface area contributed by atoms with E-state index in [1.807, 2.05) is 6.92 Å². The highest BCUT2D eigenvalue weighted by Gasteiger charge is 2.19. The summed E-state index contributed by atoms with van der Waals surface area (Å²) in [7, 11) is 0. The lowest BCUT2D eigenvalue weighted by Gasteiger charge is -2.26. The van der Waals surface area contributed by atoms with Crippen LogP contribution < -0.4 is 5.32 Å². The van der Waals surface area contributed by atoms with Crippen LogP contribution >= 0.6 is 0 Å². The van der Waals surface area contributed by atoms with Gasteiger partial charge in [-0.3, -0.25) is 4.79 Å². The van der Waals surface area contributed by atoms with Crippen LogP contribution in [0.5, 0.6) is 0 Å². The second-order valence-electron chi connectivity index (χ2n) is 4.23. The molecule has 2 N–H and O–H groups in total. The lowest BCUT2D eigenvalue weighted by atomic mass is 10.0. The summed E-state index contributed by atoms with van der Waals surface area (Å²) in [5.74, 6) is -0.544. The first kappa shape index (κ1) is 15.7. The molecule has 5 nitrogen and oxygen atoms in total. The zero-order chi connectivity index (χ0) is 13.4. The van der Waals surface area contributed by atoms with E-state index in [4.69, 9.17) is 5.11 Å². The number of hydrogen-bond donors (Lipinski definition) is 2. The van der Waals surface area contributed by atoms with Gasteiger partial charge in [0.15, 0.2) is 0 Å². The molecule has 0 saturated carbocycles. The molecule has 17 heavy (non-hydrogen) atoms. The number of carboxylic acids is 1. The molecule has 0 saturated heterocycles. The van der Waals surface area contributed by atoms with Crippen molar-refractivity contribution in [2.75, 3.05) is 13.1 Å². The number of carbonyl (C=O) groups is 2. The Morgan fingerprint density at radius 2 is 1.76 bits per heavy atom. The molecule has 0 radical (unpaired) electrons. The highest BCUT2D eigenvalue weighted by atomic mass is 16.4. The topological polar surface area (TPSA) is 69.6 Å². The third-order valence-corrected chi connectivity index (χ3v) is 3.01. The van der Waals surface area contributed by atoms with Gasteiger partial charge in [0, 0.05) is 13.1 Å². The van der Waals surface area contributed by atoms with Gasteiger partial charge in [-0.1, -0.05) is 26.7 Å². The van der Waals surface area contributed by atoms with Crippen LogP contribution in [0.1, 0.15) is 40.5 Å². The second kappa shape index (κ2) is 7.92. The van der Waals surface area contributed by atoms with Crippen molar-refractivity contribution in [3.05, 3.63) is 0 Å². The van der Waals surface area contributed by atoms with Crippen molar-refractivity contribution in [2.45, 2.75) is 46.6 Å². The molecule has 0 spiro atoms. The van der Waals surface area contributed by atoms with Gasteiger partial charge in [0.05, 0.1) is 0 Å². The number of hydrogen-bond acceptors (Lipinski definition) is 2. The van der Waals surface area contributed by atoms with E-state index in [-0.39, 0.29) is 6.03 Å². The van der Waals surface area contributed by atoms with Crippen molar-refractivity contribution in [2.24, 2.45) is 5.92 Å². The number of nitrogens with zero attached hydrogens (tertiary/aromatic N) is 1. The molecule has 0 aliphatic carbocycles. The molecule has 0 aliphatic rings. The van der Waals surface area contributed by atoms with Gasteiger partial charge in [-0.15, -0.1) is 0 Å². The monoisotopic (exact) mass is 244 g/mol. The minimum absolute atomic E-state index is 0.297. The van der Waals surface area contributed by atoms with Crippen LogP contribution in [0.4, 0.5) is 4.79 Å². The first-order chi connectivity index (χ1) is 7.96. The van der Waals surface area contributed by atoms with Crippen molar-refractivity contribution in [1.82, 2.24) is 10.2 Å². The minimum Gasteiger partial charge on any atom is -0.480 e. The molecule has 0 fully saturated rings. The van der Waals surface area contributed by atoms with Crippen LogP contribution in [0.3, 0.4) is 0 Å². The lowest BCUT2D eigenvalue weighted by Crippen LogP contribution is -2.47. The molecule has 0 aromatic heterocycles. The summed E-state index contributed by atoms with van der Waals surface area (Å²) in [5, 5.41) is 11.2. The molecular formula is C12H24N2O3. The van der Waals surface area contributed by atoms with Gasteiger partial charge in [-0.25, -0.2) is 4.79 Å². The van der Waals surface area contributed by atoms with E-state index in [1.54, 1.807) is 4.90 Å². The molecule has 0 aromatic carbocycles. The first-order valence-corrected chi connectivity index (χ1v) is 6.24. The van der Waals surface area contributed by atoms with E-state index in [1.165, 1.54) is 6.92 Å². The molecule has 0 bridgehead atoms. The third-order valence-electron chi connectivity index (χ3n) is 3.01. The Morgan fingerprint density at radius 3 is 2.12 bits per heavy atom. The molecule has 5 heteroatoms. The van der Waals surface area contributed by atoms with Crippen molar-refractivity contribution >= 4 is 12.0 Å². The molecular weight excluding hydrogens is 220 g/mol. The molecule has 0 aliphatic heterocycles. The van der Waals surface area contributed by atoms with Gasteiger partial charge in [0.2, 0.25) is 0 Å². The Kier molecular flexibility index (Phi) is 7.34. The predicted octanol–water partition coefficient (Wildman–Crippen LogP) is 1.93. The van der Waals surface area contributed by atoms with E-state index in [0.29, 0.717) is 19.0 Å². The molecule has 0 heterocycles. The van der Waals surface area contributed by atoms with Gasteiger partial charge in [-0.05, 0) is 19.8 Å². The Hall–Kier alpha value is -1.26. The maximum Gasteiger partial charge on any atom is 0.325 e. The maximum absolute atomic E-state index is 11.8. The lowest BCUT2D eigenvalue weighted by molar-refractivity contribution is -0.138. The zero-order valence-electron chi connectivity index (χ0n) is 11.2. The summed E-state index contributed by atoms with van der Waals surface area (Å²) in [6, 6.07) is -1.15. The molecule has 0 rings (SSSR count). The van der Waals surface area contributed by atoms with E-state index in [0.717, 1.165) is 12.8 Å². The maximum atomic E-state index is 11.8. The minimum atomic E-state index is -1.02. The van der Waals surface area contributed by atoms with E-state index < -0.39 is 12.0 Å². The van der Waals surface area contributed by atoms with Crippen molar-refractivity contribution in [3.63, 3.8) is 0 Å². The predicted molar refractivity (Wildman–Crippen MR) is 66.9 cm³/mol.